The number of amides is 1. The van der Waals surface area contributed by atoms with E-state index in [-0.39, 0.29) is 48.3 Å². The highest BCUT2D eigenvalue weighted by Crippen LogP contribution is 2.38. The Kier molecular flexibility index (Phi) is 16.6. The number of carbonyl (C=O) groups is 2. The lowest BCUT2D eigenvalue weighted by molar-refractivity contribution is 0.0493. The number of pyridine rings is 2. The summed E-state index contributed by atoms with van der Waals surface area (Å²) in [5, 5.41) is 18.1. The van der Waals surface area contributed by atoms with Crippen LogP contribution in [0.3, 0.4) is 0 Å². The monoisotopic (exact) mass is 1090 g/mol. The fraction of sp³-hybridized carbons (Fsp3) is 0.423. The quantitative estimate of drug-likeness (QED) is 0.0871. The van der Waals surface area contributed by atoms with Crippen molar-refractivity contribution < 1.29 is 37.4 Å². The number of esters is 1. The van der Waals surface area contributed by atoms with Gasteiger partial charge in [-0.15, -0.1) is 0 Å². The van der Waals surface area contributed by atoms with Crippen LogP contribution in [-0.2, 0) is 52.7 Å². The molecule has 9 aromatic rings. The molecule has 0 aromatic carbocycles. The van der Waals surface area contributed by atoms with Crippen molar-refractivity contribution in [1.82, 2.24) is 58.6 Å². The molecule has 11 heterocycles. The van der Waals surface area contributed by atoms with Crippen LogP contribution in [0.1, 0.15) is 76.8 Å². The van der Waals surface area contributed by atoms with Crippen molar-refractivity contribution in [3.8, 4) is 33.5 Å². The van der Waals surface area contributed by atoms with E-state index in [1.165, 1.54) is 4.90 Å². The van der Waals surface area contributed by atoms with E-state index in [1.54, 1.807) is 69.6 Å². The number of hydrogen-bond donors (Lipinski definition) is 0. The first-order chi connectivity index (χ1) is 36.4. The van der Waals surface area contributed by atoms with E-state index in [0.29, 0.717) is 54.0 Å². The third-order valence-electron chi connectivity index (χ3n) is 12.8. The van der Waals surface area contributed by atoms with Gasteiger partial charge in [-0.05, 0) is 94.3 Å². The maximum absolute atomic E-state index is 13.3. The Balaban J connectivity index is 0.000000160. The lowest BCUT2D eigenvalue weighted by atomic mass is 10.1. The van der Waals surface area contributed by atoms with Crippen LogP contribution in [0.15, 0.2) is 92.2 Å². The molecule has 2 fully saturated rings. The molecule has 2 aliphatic heterocycles. The van der Waals surface area contributed by atoms with Crippen LogP contribution in [0.25, 0.3) is 66.8 Å². The Hall–Kier alpha value is -7.50. The number of aromatic nitrogens is 12. The van der Waals surface area contributed by atoms with Gasteiger partial charge in [0.05, 0.1) is 65.5 Å². The Morgan fingerprint density at radius 1 is 0.707 bits per heavy atom. The van der Waals surface area contributed by atoms with Crippen LogP contribution in [0.2, 0.25) is 0 Å². The number of furan rings is 2. The van der Waals surface area contributed by atoms with Crippen LogP contribution < -0.4 is 10.6 Å². The van der Waals surface area contributed by atoms with Crippen molar-refractivity contribution in [2.45, 2.75) is 98.1 Å². The van der Waals surface area contributed by atoms with E-state index < -0.39 is 12.1 Å². The van der Waals surface area contributed by atoms with E-state index in [4.69, 9.17) is 27.8 Å². The molecule has 0 saturated carbocycles. The summed E-state index contributed by atoms with van der Waals surface area (Å²) < 4.78 is 43.9. The number of fused-ring (bicyclic) bond motifs is 4. The fourth-order valence-corrected chi connectivity index (χ4v) is 9.42. The molecule has 9 aromatic heterocycles. The lowest BCUT2D eigenvalue weighted by Crippen LogP contribution is -2.35. The van der Waals surface area contributed by atoms with Crippen LogP contribution in [0.5, 0.6) is 0 Å². The third-order valence-corrected chi connectivity index (χ3v) is 13.2. The SMILES string of the molecule is CCOC(=O)c1oc2ncc(-c3cnn(C)c3)cc2c1N(CCC1CCCO1)C(=O)OCC.CCn1cc(-c2nc(=O)n(CCC3CCCO3)c3c2oc2ncc(-c4cnn(C)c4)cc23)cn1.CCn1cc(Br)cn1. The van der Waals surface area contributed by atoms with Gasteiger partial charge in [0.1, 0.15) is 16.9 Å². The Bertz CT molecular complexity index is 3460. The van der Waals surface area contributed by atoms with E-state index in [1.807, 2.05) is 62.6 Å². The molecule has 394 valence electrons. The summed E-state index contributed by atoms with van der Waals surface area (Å²) in [6.07, 6.45) is 23.0. The third kappa shape index (κ3) is 11.9. The number of anilines is 1. The van der Waals surface area contributed by atoms with Gasteiger partial charge in [-0.2, -0.15) is 25.4 Å². The highest BCUT2D eigenvalue weighted by molar-refractivity contribution is 9.10. The van der Waals surface area contributed by atoms with Gasteiger partial charge >= 0.3 is 17.8 Å². The maximum atomic E-state index is 13.3. The number of halogens is 1. The van der Waals surface area contributed by atoms with Crippen LogP contribution in [0, 0.1) is 0 Å². The number of nitrogens with zero attached hydrogens (tertiary/aromatic N) is 13. The molecule has 22 nitrogen and oxygen atoms in total. The van der Waals surface area contributed by atoms with Crippen molar-refractivity contribution in [2.24, 2.45) is 14.1 Å². The number of carbonyl (C=O) groups excluding carboxylic acids is 2. The molecule has 0 bridgehead atoms. The van der Waals surface area contributed by atoms with Gasteiger partial charge in [-0.1, -0.05) is 0 Å². The molecule has 0 N–H and O–H groups in total. The van der Waals surface area contributed by atoms with Gasteiger partial charge in [0.25, 0.3) is 0 Å². The molecule has 1 amide bonds. The molecule has 11 rings (SSSR count). The van der Waals surface area contributed by atoms with Crippen LogP contribution >= 0.6 is 15.9 Å². The van der Waals surface area contributed by atoms with Crippen molar-refractivity contribution in [2.75, 3.05) is 37.9 Å². The summed E-state index contributed by atoms with van der Waals surface area (Å²) in [5.74, 6) is -0.747. The molecule has 0 spiro atoms. The highest BCUT2D eigenvalue weighted by atomic mass is 79.9. The normalized spacial score (nSPS) is 15.3. The smallest absolute Gasteiger partial charge is 0.414 e. The van der Waals surface area contributed by atoms with Gasteiger partial charge in [0.15, 0.2) is 5.58 Å². The topological polar surface area (TPSA) is 233 Å². The first-order valence-corrected chi connectivity index (χ1v) is 26.0. The molecule has 23 heteroatoms. The zero-order valence-electron chi connectivity index (χ0n) is 42.8. The van der Waals surface area contributed by atoms with Crippen molar-refractivity contribution in [1.29, 1.82) is 0 Å². The Morgan fingerprint density at radius 3 is 1.85 bits per heavy atom. The van der Waals surface area contributed by atoms with Gasteiger partial charge in [0, 0.05) is 118 Å². The zero-order chi connectivity index (χ0) is 52.6. The first-order valence-electron chi connectivity index (χ1n) is 25.2. The van der Waals surface area contributed by atoms with E-state index in [2.05, 4.69) is 58.2 Å². The average Bonchev–Trinajstić information content (AvgIpc) is 4.27. The molecule has 2 saturated heterocycles. The summed E-state index contributed by atoms with van der Waals surface area (Å²) in [6, 6.07) is 3.84. The summed E-state index contributed by atoms with van der Waals surface area (Å²) >= 11 is 3.29. The number of hydrogen-bond acceptors (Lipinski definition) is 16. The molecule has 75 heavy (non-hydrogen) atoms. The molecule has 2 unspecified atom stereocenters. The number of rotatable bonds is 15. The predicted octanol–water partition coefficient (Wildman–Crippen LogP) is 8.99. The average molecular weight is 1090 g/mol. The summed E-state index contributed by atoms with van der Waals surface area (Å²) in [6.45, 7) is 11.8. The Morgan fingerprint density at radius 2 is 1.31 bits per heavy atom. The van der Waals surface area contributed by atoms with Gasteiger partial charge in [-0.3, -0.25) is 28.2 Å². The minimum atomic E-state index is -0.667. The zero-order valence-corrected chi connectivity index (χ0v) is 44.4. The van der Waals surface area contributed by atoms with Crippen molar-refractivity contribution in [3.05, 3.63) is 94.8 Å². The second-order valence-corrected chi connectivity index (χ2v) is 18.8. The van der Waals surface area contributed by atoms with E-state index in [9.17, 15) is 14.4 Å². The van der Waals surface area contributed by atoms with Crippen molar-refractivity contribution in [3.63, 3.8) is 0 Å². The van der Waals surface area contributed by atoms with Crippen LogP contribution in [0.4, 0.5) is 10.5 Å². The summed E-state index contributed by atoms with van der Waals surface area (Å²) in [5.41, 5.74) is 6.58. The largest absolute Gasteiger partial charge is 0.460 e. The molecule has 0 aliphatic carbocycles. The standard InChI is InChI=1S/C24H25N7O3.C23H28N4O6.C5H7BrN2/c1-3-30-14-17(12-27-30)20-22-21(31(24(32)28-20)7-6-18-5-4-8-33-18)19-9-15(10-25-23(19)34-22)16-11-26-29(2)13-16;1-4-30-22(28)20-19(27(23(29)31-5-2)9-8-17-7-6-10-32-17)18-11-15(12-24-21(18)33-20)16-13-25-26(3)14-16;1-2-8-4-5(6)3-7-8/h9-14,18H,3-8H2,1-2H3;11-14,17H,4-10H2,1-3H3;3-4H,2H2,1H3. The molecular weight excluding hydrogens is 1030 g/mol. The molecule has 2 atom stereocenters. The van der Waals surface area contributed by atoms with Gasteiger partial charge in [-0.25, -0.2) is 24.4 Å². The van der Waals surface area contributed by atoms with Gasteiger partial charge in [0.2, 0.25) is 17.2 Å². The first kappa shape index (κ1) is 52.4. The minimum absolute atomic E-state index is 0.0511. The minimum Gasteiger partial charge on any atom is -0.460 e. The molecular formula is C52H60BrN13O9. The Labute approximate surface area is 439 Å². The van der Waals surface area contributed by atoms with Gasteiger partial charge < -0.3 is 27.8 Å². The fourth-order valence-electron chi connectivity index (χ4n) is 9.09. The van der Waals surface area contributed by atoms with E-state index in [0.717, 1.165) is 89.5 Å². The number of aryl methyl sites for hydroxylation is 5. The second kappa shape index (κ2) is 23.8. The lowest BCUT2D eigenvalue weighted by Gasteiger charge is -2.23. The predicted molar refractivity (Wildman–Crippen MR) is 282 cm³/mol. The number of ether oxygens (including phenoxy) is 4. The summed E-state index contributed by atoms with van der Waals surface area (Å²) in [4.78, 5) is 53.9. The summed E-state index contributed by atoms with van der Waals surface area (Å²) in [7, 11) is 3.70. The van der Waals surface area contributed by atoms with Crippen molar-refractivity contribution >= 4 is 67.0 Å². The van der Waals surface area contributed by atoms with E-state index >= 15 is 0 Å². The molecule has 2 aliphatic rings. The molecule has 0 radical (unpaired) electrons. The highest BCUT2D eigenvalue weighted by Gasteiger charge is 2.32. The maximum Gasteiger partial charge on any atom is 0.414 e. The van der Waals surface area contributed by atoms with Crippen LogP contribution in [-0.4, -0.2) is 116 Å². The second-order valence-electron chi connectivity index (χ2n) is 17.9.